The number of rotatable bonds is 6. The van der Waals surface area contributed by atoms with E-state index in [4.69, 9.17) is 0 Å². The molecule has 6 nitrogen and oxygen atoms in total. The standard InChI is InChI=1S/C16H19N3O3/c1-11-16(17-14(20)8-9-15(21)22)12(2)19(18-11)10-13-6-4-3-5-7-13/h3-7H,8-10H2,1-2H3,(H,17,20)(H,21,22)/p-1. The Morgan fingerprint density at radius 1 is 1.18 bits per heavy atom. The number of aromatic nitrogens is 2. The molecule has 116 valence electrons. The van der Waals surface area contributed by atoms with Crippen LogP contribution in [0.3, 0.4) is 0 Å². The fourth-order valence-corrected chi connectivity index (χ4v) is 2.21. The molecule has 0 saturated carbocycles. The molecule has 0 saturated heterocycles. The summed E-state index contributed by atoms with van der Waals surface area (Å²) in [5.41, 5.74) is 3.29. The molecule has 0 atom stereocenters. The molecule has 1 heterocycles. The summed E-state index contributed by atoms with van der Waals surface area (Å²) < 4.78 is 1.82. The van der Waals surface area contributed by atoms with Gasteiger partial charge in [0.1, 0.15) is 0 Å². The van der Waals surface area contributed by atoms with Crippen LogP contribution in [0.5, 0.6) is 0 Å². The van der Waals surface area contributed by atoms with Crippen LogP contribution >= 0.6 is 0 Å². The number of benzene rings is 1. The molecule has 1 aromatic heterocycles. The van der Waals surface area contributed by atoms with Gasteiger partial charge in [0.25, 0.3) is 0 Å². The average Bonchev–Trinajstić information content (AvgIpc) is 2.74. The number of nitrogens with one attached hydrogen (secondary N) is 1. The third-order valence-electron chi connectivity index (χ3n) is 3.38. The molecule has 0 spiro atoms. The van der Waals surface area contributed by atoms with E-state index in [1.54, 1.807) is 0 Å². The van der Waals surface area contributed by atoms with E-state index in [0.717, 1.165) is 11.3 Å². The molecule has 0 aliphatic rings. The van der Waals surface area contributed by atoms with Crippen LogP contribution in [-0.2, 0) is 16.1 Å². The first-order valence-electron chi connectivity index (χ1n) is 7.05. The van der Waals surface area contributed by atoms with Gasteiger partial charge in [-0.3, -0.25) is 9.48 Å². The third kappa shape index (κ3) is 3.94. The van der Waals surface area contributed by atoms with Gasteiger partial charge in [-0.25, -0.2) is 0 Å². The lowest BCUT2D eigenvalue weighted by Gasteiger charge is -2.07. The van der Waals surface area contributed by atoms with Crippen LogP contribution < -0.4 is 10.4 Å². The number of amides is 1. The second kappa shape index (κ2) is 6.89. The Balaban J connectivity index is 2.10. The summed E-state index contributed by atoms with van der Waals surface area (Å²) in [4.78, 5) is 22.1. The molecule has 0 aliphatic heterocycles. The zero-order chi connectivity index (χ0) is 16.1. The fraction of sp³-hybridized carbons (Fsp3) is 0.312. The lowest BCUT2D eigenvalue weighted by Crippen LogP contribution is -2.24. The van der Waals surface area contributed by atoms with E-state index in [-0.39, 0.29) is 18.7 Å². The van der Waals surface area contributed by atoms with Gasteiger partial charge in [-0.05, 0) is 25.8 Å². The number of hydrogen-bond donors (Lipinski definition) is 1. The van der Waals surface area contributed by atoms with Crippen molar-refractivity contribution in [1.29, 1.82) is 0 Å². The van der Waals surface area contributed by atoms with E-state index in [1.807, 2.05) is 48.9 Å². The second-order valence-electron chi connectivity index (χ2n) is 5.11. The molecule has 0 fully saturated rings. The van der Waals surface area contributed by atoms with Gasteiger partial charge in [0.2, 0.25) is 5.91 Å². The minimum Gasteiger partial charge on any atom is -0.550 e. The average molecular weight is 300 g/mol. The summed E-state index contributed by atoms with van der Waals surface area (Å²) in [6.07, 6.45) is -0.396. The van der Waals surface area contributed by atoms with E-state index < -0.39 is 5.97 Å². The van der Waals surface area contributed by atoms with Crippen LogP contribution in [0.2, 0.25) is 0 Å². The van der Waals surface area contributed by atoms with Crippen molar-refractivity contribution in [2.45, 2.75) is 33.2 Å². The Hall–Kier alpha value is -2.63. The van der Waals surface area contributed by atoms with Gasteiger partial charge >= 0.3 is 0 Å². The summed E-state index contributed by atoms with van der Waals surface area (Å²) in [5, 5.41) is 17.5. The van der Waals surface area contributed by atoms with Crippen molar-refractivity contribution in [2.24, 2.45) is 0 Å². The van der Waals surface area contributed by atoms with Crippen LogP contribution in [0, 0.1) is 13.8 Å². The molecule has 1 aromatic carbocycles. The lowest BCUT2D eigenvalue weighted by atomic mass is 10.2. The largest absolute Gasteiger partial charge is 0.550 e. The van der Waals surface area contributed by atoms with Crippen molar-refractivity contribution in [3.8, 4) is 0 Å². The van der Waals surface area contributed by atoms with Gasteiger partial charge < -0.3 is 15.2 Å². The van der Waals surface area contributed by atoms with Crippen LogP contribution in [-0.4, -0.2) is 21.7 Å². The molecule has 2 rings (SSSR count). The van der Waals surface area contributed by atoms with E-state index in [1.165, 1.54) is 0 Å². The summed E-state index contributed by atoms with van der Waals surface area (Å²) in [7, 11) is 0. The number of nitrogens with zero attached hydrogens (tertiary/aromatic N) is 2. The summed E-state index contributed by atoms with van der Waals surface area (Å²) in [6, 6.07) is 9.89. The highest BCUT2D eigenvalue weighted by Crippen LogP contribution is 2.20. The SMILES string of the molecule is Cc1nn(Cc2ccccc2)c(C)c1NC(=O)CCC(=O)[O-]. The molecular formula is C16H18N3O3-. The first kappa shape index (κ1) is 15.8. The number of carbonyl (C=O) groups is 2. The predicted octanol–water partition coefficient (Wildman–Crippen LogP) is 1.02. The first-order valence-corrected chi connectivity index (χ1v) is 7.05. The highest BCUT2D eigenvalue weighted by molar-refractivity contribution is 5.93. The Bertz CT molecular complexity index is 677. The van der Waals surface area contributed by atoms with Gasteiger partial charge in [0.15, 0.2) is 0 Å². The number of carboxylic acids is 1. The monoisotopic (exact) mass is 300 g/mol. The number of anilines is 1. The van der Waals surface area contributed by atoms with Gasteiger partial charge in [-0.1, -0.05) is 30.3 Å². The molecular weight excluding hydrogens is 282 g/mol. The van der Waals surface area contributed by atoms with E-state index in [0.29, 0.717) is 17.9 Å². The normalized spacial score (nSPS) is 10.5. The predicted molar refractivity (Wildman–Crippen MR) is 80.1 cm³/mol. The number of carboxylic acid groups (broad SMARTS) is 1. The van der Waals surface area contributed by atoms with Crippen molar-refractivity contribution < 1.29 is 14.7 Å². The van der Waals surface area contributed by atoms with E-state index in [2.05, 4.69) is 10.4 Å². The molecule has 1 amide bonds. The van der Waals surface area contributed by atoms with Crippen molar-refractivity contribution in [2.75, 3.05) is 5.32 Å². The van der Waals surface area contributed by atoms with Crippen LogP contribution in [0.15, 0.2) is 30.3 Å². The van der Waals surface area contributed by atoms with Gasteiger partial charge in [-0.15, -0.1) is 0 Å². The molecule has 0 radical (unpaired) electrons. The van der Waals surface area contributed by atoms with Gasteiger partial charge in [0.05, 0.1) is 23.6 Å². The van der Waals surface area contributed by atoms with Gasteiger partial charge in [-0.2, -0.15) is 5.10 Å². The van der Waals surface area contributed by atoms with Crippen LogP contribution in [0.25, 0.3) is 0 Å². The quantitative estimate of drug-likeness (QED) is 0.862. The smallest absolute Gasteiger partial charge is 0.224 e. The highest BCUT2D eigenvalue weighted by Gasteiger charge is 2.14. The Kier molecular flexibility index (Phi) is 4.93. The molecule has 2 aromatic rings. The highest BCUT2D eigenvalue weighted by atomic mass is 16.4. The van der Waals surface area contributed by atoms with Crippen molar-refractivity contribution in [3.63, 3.8) is 0 Å². The Morgan fingerprint density at radius 3 is 2.50 bits per heavy atom. The second-order valence-corrected chi connectivity index (χ2v) is 5.11. The zero-order valence-corrected chi connectivity index (χ0v) is 12.6. The van der Waals surface area contributed by atoms with E-state index in [9.17, 15) is 14.7 Å². The molecule has 0 aliphatic carbocycles. The van der Waals surface area contributed by atoms with Crippen molar-refractivity contribution >= 4 is 17.6 Å². The number of carbonyl (C=O) groups excluding carboxylic acids is 2. The minimum absolute atomic E-state index is 0.106. The topological polar surface area (TPSA) is 87.0 Å². The summed E-state index contributed by atoms with van der Waals surface area (Å²) >= 11 is 0. The zero-order valence-electron chi connectivity index (χ0n) is 12.6. The number of aliphatic carboxylic acids is 1. The Labute approximate surface area is 128 Å². The summed E-state index contributed by atoms with van der Waals surface area (Å²) in [6.45, 7) is 4.29. The number of hydrogen-bond acceptors (Lipinski definition) is 4. The maximum Gasteiger partial charge on any atom is 0.224 e. The maximum absolute atomic E-state index is 11.7. The minimum atomic E-state index is -1.23. The van der Waals surface area contributed by atoms with Crippen molar-refractivity contribution in [1.82, 2.24) is 9.78 Å². The molecule has 6 heteroatoms. The molecule has 1 N–H and O–H groups in total. The molecule has 0 bridgehead atoms. The van der Waals surface area contributed by atoms with Crippen LogP contribution in [0.4, 0.5) is 5.69 Å². The molecule has 0 unspecified atom stereocenters. The summed E-state index contributed by atoms with van der Waals surface area (Å²) in [5.74, 6) is -1.59. The third-order valence-corrected chi connectivity index (χ3v) is 3.38. The first-order chi connectivity index (χ1) is 10.5. The van der Waals surface area contributed by atoms with Gasteiger partial charge in [0, 0.05) is 12.4 Å². The van der Waals surface area contributed by atoms with E-state index >= 15 is 0 Å². The fourth-order valence-electron chi connectivity index (χ4n) is 2.21. The lowest BCUT2D eigenvalue weighted by molar-refractivity contribution is -0.305. The Morgan fingerprint density at radius 2 is 1.86 bits per heavy atom. The number of aryl methyl sites for hydroxylation is 1. The maximum atomic E-state index is 11.7. The van der Waals surface area contributed by atoms with Crippen molar-refractivity contribution in [3.05, 3.63) is 47.3 Å². The molecule has 22 heavy (non-hydrogen) atoms. The van der Waals surface area contributed by atoms with Crippen LogP contribution in [0.1, 0.15) is 29.8 Å².